The molecule has 4 heteroatoms. The lowest BCUT2D eigenvalue weighted by Gasteiger charge is -2.09. The lowest BCUT2D eigenvalue weighted by atomic mass is 9.97. The van der Waals surface area contributed by atoms with E-state index >= 15 is 0 Å². The smallest absolute Gasteiger partial charge is 0.310 e. The molecule has 1 rings (SSSR count). The largest absolute Gasteiger partial charge is 0.481 e. The van der Waals surface area contributed by atoms with Crippen molar-refractivity contribution in [1.29, 1.82) is 0 Å². The summed E-state index contributed by atoms with van der Waals surface area (Å²) < 4.78 is 12.7. The summed E-state index contributed by atoms with van der Waals surface area (Å²) in [7, 11) is 0. The zero-order chi connectivity index (χ0) is 12.6. The minimum Gasteiger partial charge on any atom is -0.481 e. The van der Waals surface area contributed by atoms with Crippen molar-refractivity contribution in [2.75, 3.05) is 5.88 Å². The fourth-order valence-electron chi connectivity index (χ4n) is 1.28. The monoisotopic (exact) mass is 246 g/mol. The Morgan fingerprint density at radius 2 is 2.06 bits per heavy atom. The molecule has 0 aliphatic heterocycles. The maximum absolute atomic E-state index is 12.7. The number of hydrogen-bond donors (Lipinski definition) is 1. The molecule has 1 atom stereocenters. The van der Waals surface area contributed by atoms with E-state index in [-0.39, 0.29) is 0 Å². The lowest BCUT2D eigenvalue weighted by molar-refractivity contribution is -0.138. The van der Waals surface area contributed by atoms with Crippen LogP contribution in [0.3, 0.4) is 0 Å². The van der Waals surface area contributed by atoms with E-state index < -0.39 is 17.7 Å². The molecule has 0 heterocycles. The third-order valence-corrected chi connectivity index (χ3v) is 1.96. The Hall–Kier alpha value is -1.09. The van der Waals surface area contributed by atoms with E-state index in [0.29, 0.717) is 12.0 Å². The summed E-state index contributed by atoms with van der Waals surface area (Å²) >= 11 is 5.00. The van der Waals surface area contributed by atoms with Gasteiger partial charge >= 0.3 is 5.97 Å². The highest BCUT2D eigenvalue weighted by Crippen LogP contribution is 2.20. The maximum atomic E-state index is 12.7. The van der Waals surface area contributed by atoms with Gasteiger partial charge in [-0.1, -0.05) is 26.0 Å². The standard InChI is InChI=1S/C10H11FO2.C2H5Cl/c1-2-9(10(12)13)7-4-3-5-8(11)6-7;1-2-3/h3-6,9H,2H2,1H3,(H,12,13);2H2,1H3. The fourth-order valence-corrected chi connectivity index (χ4v) is 1.28. The lowest BCUT2D eigenvalue weighted by Crippen LogP contribution is -2.10. The van der Waals surface area contributed by atoms with Gasteiger partial charge in [-0.05, 0) is 24.1 Å². The molecule has 0 aromatic heterocycles. The van der Waals surface area contributed by atoms with Crippen LogP contribution in [-0.4, -0.2) is 17.0 Å². The Kier molecular flexibility index (Phi) is 7.56. The van der Waals surface area contributed by atoms with Crippen LogP contribution in [0.1, 0.15) is 31.7 Å². The number of benzene rings is 1. The van der Waals surface area contributed by atoms with E-state index in [1.54, 1.807) is 13.0 Å². The fraction of sp³-hybridized carbons (Fsp3) is 0.417. The highest BCUT2D eigenvalue weighted by atomic mass is 35.5. The van der Waals surface area contributed by atoms with Crippen molar-refractivity contribution >= 4 is 17.6 Å². The number of halogens is 2. The van der Waals surface area contributed by atoms with Gasteiger partial charge in [0.1, 0.15) is 5.82 Å². The topological polar surface area (TPSA) is 37.3 Å². The summed E-state index contributed by atoms with van der Waals surface area (Å²) in [5.41, 5.74) is 0.523. The zero-order valence-electron chi connectivity index (χ0n) is 9.41. The molecule has 0 spiro atoms. The molecule has 1 aromatic rings. The zero-order valence-corrected chi connectivity index (χ0v) is 10.2. The molecule has 90 valence electrons. The first-order valence-corrected chi connectivity index (χ1v) is 5.64. The summed E-state index contributed by atoms with van der Waals surface area (Å²) in [6, 6.07) is 5.72. The van der Waals surface area contributed by atoms with Gasteiger partial charge in [0.2, 0.25) is 0 Å². The van der Waals surface area contributed by atoms with Gasteiger partial charge < -0.3 is 5.11 Å². The summed E-state index contributed by atoms with van der Waals surface area (Å²) in [6.07, 6.45) is 0.471. The van der Waals surface area contributed by atoms with Crippen LogP contribution in [0.15, 0.2) is 24.3 Å². The normalized spacial score (nSPS) is 11.2. The van der Waals surface area contributed by atoms with Gasteiger partial charge in [0.15, 0.2) is 0 Å². The third kappa shape index (κ3) is 5.12. The van der Waals surface area contributed by atoms with Crippen LogP contribution in [0.25, 0.3) is 0 Å². The van der Waals surface area contributed by atoms with E-state index in [1.165, 1.54) is 18.2 Å². The molecule has 0 bridgehead atoms. The number of carboxylic acids is 1. The van der Waals surface area contributed by atoms with Crippen LogP contribution in [0.2, 0.25) is 0 Å². The van der Waals surface area contributed by atoms with E-state index in [1.807, 2.05) is 6.92 Å². The van der Waals surface area contributed by atoms with Gasteiger partial charge in [-0.2, -0.15) is 0 Å². The highest BCUT2D eigenvalue weighted by Gasteiger charge is 2.17. The Morgan fingerprint density at radius 1 is 1.50 bits per heavy atom. The van der Waals surface area contributed by atoms with Crippen LogP contribution < -0.4 is 0 Å². The minimum absolute atomic E-state index is 0.391. The maximum Gasteiger partial charge on any atom is 0.310 e. The van der Waals surface area contributed by atoms with Crippen molar-refractivity contribution in [2.45, 2.75) is 26.2 Å². The highest BCUT2D eigenvalue weighted by molar-refractivity contribution is 6.17. The van der Waals surface area contributed by atoms with Crippen LogP contribution in [-0.2, 0) is 4.79 Å². The van der Waals surface area contributed by atoms with Crippen LogP contribution in [0.4, 0.5) is 4.39 Å². The number of carbonyl (C=O) groups is 1. The molecule has 0 aliphatic rings. The summed E-state index contributed by atoms with van der Waals surface area (Å²) in [5.74, 6) is -1.18. The molecule has 1 aromatic carbocycles. The van der Waals surface area contributed by atoms with Crippen molar-refractivity contribution in [3.05, 3.63) is 35.6 Å². The van der Waals surface area contributed by atoms with Crippen molar-refractivity contribution in [1.82, 2.24) is 0 Å². The summed E-state index contributed by atoms with van der Waals surface area (Å²) in [6.45, 7) is 3.66. The van der Waals surface area contributed by atoms with Gasteiger partial charge in [0.05, 0.1) is 5.92 Å². The van der Waals surface area contributed by atoms with E-state index in [2.05, 4.69) is 0 Å². The molecule has 2 nitrogen and oxygen atoms in total. The summed E-state index contributed by atoms with van der Waals surface area (Å²) in [4.78, 5) is 10.7. The van der Waals surface area contributed by atoms with Gasteiger partial charge in [-0.15, -0.1) is 11.6 Å². The molecule has 16 heavy (non-hydrogen) atoms. The van der Waals surface area contributed by atoms with Crippen molar-refractivity contribution in [2.24, 2.45) is 0 Å². The first-order valence-electron chi connectivity index (χ1n) is 5.11. The predicted molar refractivity (Wildman–Crippen MR) is 63.5 cm³/mol. The van der Waals surface area contributed by atoms with Crippen molar-refractivity contribution < 1.29 is 14.3 Å². The first-order chi connectivity index (χ1) is 7.56. The Labute approximate surface area is 100 Å². The average molecular weight is 247 g/mol. The molecule has 0 fully saturated rings. The molecule has 0 saturated carbocycles. The Balaban J connectivity index is 0.000000673. The number of aliphatic carboxylic acids is 1. The second-order valence-corrected chi connectivity index (χ2v) is 3.66. The predicted octanol–water partition coefficient (Wildman–Crippen LogP) is 3.65. The van der Waals surface area contributed by atoms with Crippen molar-refractivity contribution in [3.63, 3.8) is 0 Å². The van der Waals surface area contributed by atoms with E-state index in [9.17, 15) is 9.18 Å². The molecule has 0 radical (unpaired) electrons. The van der Waals surface area contributed by atoms with Gasteiger partial charge in [0.25, 0.3) is 0 Å². The van der Waals surface area contributed by atoms with Crippen LogP contribution in [0, 0.1) is 5.82 Å². The Bertz CT molecular complexity index is 329. The molecule has 1 N–H and O–H groups in total. The van der Waals surface area contributed by atoms with Gasteiger partial charge in [-0.25, -0.2) is 4.39 Å². The van der Waals surface area contributed by atoms with E-state index in [4.69, 9.17) is 16.7 Å². The van der Waals surface area contributed by atoms with Crippen molar-refractivity contribution in [3.8, 4) is 0 Å². The van der Waals surface area contributed by atoms with Crippen LogP contribution in [0.5, 0.6) is 0 Å². The number of carboxylic acid groups (broad SMARTS) is 1. The second kappa shape index (κ2) is 8.11. The number of rotatable bonds is 3. The molecular weight excluding hydrogens is 231 g/mol. The number of alkyl halides is 1. The second-order valence-electron chi connectivity index (χ2n) is 3.12. The summed E-state index contributed by atoms with van der Waals surface area (Å²) in [5, 5.41) is 8.80. The molecule has 0 aliphatic carbocycles. The molecule has 1 unspecified atom stereocenters. The van der Waals surface area contributed by atoms with Gasteiger partial charge in [-0.3, -0.25) is 4.79 Å². The van der Waals surface area contributed by atoms with Gasteiger partial charge in [0, 0.05) is 5.88 Å². The molecular formula is C12H16ClFO2. The van der Waals surface area contributed by atoms with E-state index in [0.717, 1.165) is 5.88 Å². The first kappa shape index (κ1) is 14.9. The third-order valence-electron chi connectivity index (χ3n) is 1.96. The minimum atomic E-state index is -0.909. The average Bonchev–Trinajstić information content (AvgIpc) is 2.19. The molecule has 0 amide bonds. The quantitative estimate of drug-likeness (QED) is 0.827. The SMILES string of the molecule is CCC(C(=O)O)c1cccc(F)c1.CCCl. The Morgan fingerprint density at radius 3 is 2.44 bits per heavy atom. The number of hydrogen-bond acceptors (Lipinski definition) is 1. The molecule has 0 saturated heterocycles. The van der Waals surface area contributed by atoms with Crippen LogP contribution >= 0.6 is 11.6 Å².